The number of amides is 2. The van der Waals surface area contributed by atoms with Crippen molar-refractivity contribution in [1.29, 1.82) is 0 Å². The number of rotatable bonds is 9. The number of anilines is 2. The Morgan fingerprint density at radius 2 is 1.50 bits per heavy atom. The Morgan fingerprint density at radius 3 is 2.03 bits per heavy atom. The minimum Gasteiger partial charge on any atom is -0.492 e. The van der Waals surface area contributed by atoms with E-state index in [-0.39, 0.29) is 11.6 Å². The van der Waals surface area contributed by atoms with Crippen LogP contribution in [0.1, 0.15) is 29.8 Å². The molecule has 0 spiro atoms. The summed E-state index contributed by atoms with van der Waals surface area (Å²) in [6, 6.07) is 10.3. The molecule has 8 heteroatoms. The number of carbonyl (C=O) groups is 3. The summed E-state index contributed by atoms with van der Waals surface area (Å²) in [4.78, 5) is 35.3. The summed E-state index contributed by atoms with van der Waals surface area (Å²) in [6.45, 7) is 6.04. The molecule has 0 atom stereocenters. The van der Waals surface area contributed by atoms with Crippen molar-refractivity contribution < 1.29 is 29.0 Å². The van der Waals surface area contributed by atoms with Crippen LogP contribution in [0.4, 0.5) is 11.4 Å². The van der Waals surface area contributed by atoms with Gasteiger partial charge in [0, 0.05) is 29.8 Å². The van der Waals surface area contributed by atoms with Gasteiger partial charge in [0.25, 0.3) is 5.91 Å². The lowest BCUT2D eigenvalue weighted by molar-refractivity contribution is -0.131. The molecule has 2 rings (SSSR count). The molecule has 30 heavy (non-hydrogen) atoms. The van der Waals surface area contributed by atoms with Gasteiger partial charge in [-0.15, -0.1) is 0 Å². The number of carbonyl (C=O) groups excluding carboxylic acids is 2. The number of ether oxygens (including phenoxy) is 2. The van der Waals surface area contributed by atoms with E-state index >= 15 is 0 Å². The lowest BCUT2D eigenvalue weighted by atomic mass is 10.1. The molecule has 0 bridgehead atoms. The molecular formula is C22H24N2O6. The highest BCUT2D eigenvalue weighted by Gasteiger charge is 2.17. The van der Waals surface area contributed by atoms with Crippen LogP contribution in [0.15, 0.2) is 48.6 Å². The normalized spacial score (nSPS) is 10.5. The van der Waals surface area contributed by atoms with Crippen molar-refractivity contribution in [2.24, 2.45) is 0 Å². The van der Waals surface area contributed by atoms with Gasteiger partial charge in [0.2, 0.25) is 5.91 Å². The van der Waals surface area contributed by atoms with Gasteiger partial charge in [-0.2, -0.15) is 0 Å². The zero-order valence-corrected chi connectivity index (χ0v) is 17.0. The minimum absolute atomic E-state index is 0.286. The molecule has 8 nitrogen and oxygen atoms in total. The number of hydrogen-bond donors (Lipinski definition) is 3. The lowest BCUT2D eigenvalue weighted by Crippen LogP contribution is -2.15. The quantitative estimate of drug-likeness (QED) is 0.542. The van der Waals surface area contributed by atoms with Crippen LogP contribution in [0.3, 0.4) is 0 Å². The van der Waals surface area contributed by atoms with Crippen LogP contribution < -0.4 is 20.1 Å². The van der Waals surface area contributed by atoms with Crippen molar-refractivity contribution in [2.45, 2.75) is 20.8 Å². The molecule has 158 valence electrons. The lowest BCUT2D eigenvalue weighted by Gasteiger charge is -2.17. The van der Waals surface area contributed by atoms with Crippen molar-refractivity contribution in [3.8, 4) is 11.5 Å². The summed E-state index contributed by atoms with van der Waals surface area (Å²) in [6.07, 6.45) is 1.63. The Morgan fingerprint density at radius 1 is 0.933 bits per heavy atom. The van der Waals surface area contributed by atoms with Gasteiger partial charge in [0.05, 0.1) is 24.6 Å². The Hall–Kier alpha value is -3.81. The monoisotopic (exact) mass is 412 g/mol. The topological polar surface area (TPSA) is 114 Å². The predicted molar refractivity (Wildman–Crippen MR) is 113 cm³/mol. The molecule has 0 radical (unpaired) electrons. The van der Waals surface area contributed by atoms with Crippen LogP contribution in [0.25, 0.3) is 0 Å². The molecule has 0 saturated carbocycles. The zero-order chi connectivity index (χ0) is 22.1. The molecule has 2 amide bonds. The number of aliphatic carboxylic acids is 1. The largest absolute Gasteiger partial charge is 0.492 e. The highest BCUT2D eigenvalue weighted by atomic mass is 16.5. The molecule has 0 heterocycles. The highest BCUT2D eigenvalue weighted by Crippen LogP contribution is 2.37. The number of carboxylic acid groups (broad SMARTS) is 1. The maximum Gasteiger partial charge on any atom is 0.328 e. The first-order chi connectivity index (χ1) is 14.3. The fraction of sp³-hybridized carbons (Fsp3) is 0.227. The maximum absolute atomic E-state index is 12.7. The Labute approximate surface area is 174 Å². The maximum atomic E-state index is 12.7. The smallest absolute Gasteiger partial charge is 0.328 e. The first-order valence-corrected chi connectivity index (χ1v) is 9.38. The van der Waals surface area contributed by atoms with Gasteiger partial charge < -0.3 is 25.2 Å². The first-order valence-electron chi connectivity index (χ1n) is 9.38. The van der Waals surface area contributed by atoms with Gasteiger partial charge in [0.15, 0.2) is 0 Å². The number of benzene rings is 2. The number of nitrogens with one attached hydrogen (secondary N) is 2. The summed E-state index contributed by atoms with van der Waals surface area (Å²) in [5.41, 5.74) is 2.02. The third-order valence-corrected chi connectivity index (χ3v) is 3.95. The summed E-state index contributed by atoms with van der Waals surface area (Å²) in [7, 11) is 0. The van der Waals surface area contributed by atoms with E-state index in [1.165, 1.54) is 6.07 Å². The van der Waals surface area contributed by atoms with Crippen LogP contribution >= 0.6 is 0 Å². The van der Waals surface area contributed by atoms with Crippen molar-refractivity contribution >= 4 is 29.2 Å². The van der Waals surface area contributed by atoms with Crippen molar-refractivity contribution in [1.82, 2.24) is 0 Å². The molecule has 2 aromatic carbocycles. The third-order valence-electron chi connectivity index (χ3n) is 3.95. The third kappa shape index (κ3) is 6.10. The molecule has 0 aromatic heterocycles. The van der Waals surface area contributed by atoms with E-state index in [2.05, 4.69) is 10.6 Å². The summed E-state index contributed by atoms with van der Waals surface area (Å²) in [5.74, 6) is -1.55. The molecule has 0 unspecified atom stereocenters. The highest BCUT2D eigenvalue weighted by molar-refractivity contribution is 6.07. The SMILES string of the molecule is CCOc1cc(NC(=O)c2ccccc2C)c(OCC)cc1NC(=O)C=CC(=O)O. The fourth-order valence-electron chi connectivity index (χ4n) is 2.64. The number of hydrogen-bond acceptors (Lipinski definition) is 5. The van der Waals surface area contributed by atoms with Gasteiger partial charge in [0.1, 0.15) is 11.5 Å². The number of aryl methyl sites for hydroxylation is 1. The van der Waals surface area contributed by atoms with Crippen LogP contribution in [-0.2, 0) is 9.59 Å². The van der Waals surface area contributed by atoms with Crippen molar-refractivity contribution in [3.05, 3.63) is 59.7 Å². The first kappa shape index (κ1) is 22.5. The van der Waals surface area contributed by atoms with E-state index in [1.807, 2.05) is 19.1 Å². The molecule has 0 aliphatic carbocycles. The second-order valence-corrected chi connectivity index (χ2v) is 6.14. The second-order valence-electron chi connectivity index (χ2n) is 6.14. The van der Waals surface area contributed by atoms with Gasteiger partial charge in [-0.25, -0.2) is 4.79 Å². The Bertz CT molecular complexity index is 968. The van der Waals surface area contributed by atoms with E-state index in [0.717, 1.165) is 17.7 Å². The second kappa shape index (κ2) is 10.7. The van der Waals surface area contributed by atoms with Gasteiger partial charge >= 0.3 is 5.97 Å². The van der Waals surface area contributed by atoms with E-state index in [9.17, 15) is 14.4 Å². The van der Waals surface area contributed by atoms with Crippen LogP contribution in [0.5, 0.6) is 11.5 Å². The number of carboxylic acids is 1. The van der Waals surface area contributed by atoms with E-state index in [4.69, 9.17) is 14.6 Å². The van der Waals surface area contributed by atoms with Crippen LogP contribution in [-0.4, -0.2) is 36.1 Å². The molecule has 3 N–H and O–H groups in total. The van der Waals surface area contributed by atoms with E-state index in [0.29, 0.717) is 36.0 Å². The zero-order valence-electron chi connectivity index (χ0n) is 17.0. The van der Waals surface area contributed by atoms with Gasteiger partial charge in [-0.05, 0) is 32.4 Å². The molecule has 0 aliphatic heterocycles. The van der Waals surface area contributed by atoms with Crippen molar-refractivity contribution in [3.63, 3.8) is 0 Å². The summed E-state index contributed by atoms with van der Waals surface area (Å²) in [5, 5.41) is 14.1. The minimum atomic E-state index is -1.24. The van der Waals surface area contributed by atoms with E-state index in [1.54, 1.807) is 32.0 Å². The molecule has 0 aliphatic rings. The molecule has 0 saturated heterocycles. The Kier molecular flexibility index (Phi) is 7.99. The van der Waals surface area contributed by atoms with Gasteiger partial charge in [-0.3, -0.25) is 9.59 Å². The average molecular weight is 412 g/mol. The van der Waals surface area contributed by atoms with E-state index < -0.39 is 11.9 Å². The summed E-state index contributed by atoms with van der Waals surface area (Å²) >= 11 is 0. The molecule has 0 fully saturated rings. The van der Waals surface area contributed by atoms with Gasteiger partial charge in [-0.1, -0.05) is 18.2 Å². The van der Waals surface area contributed by atoms with Crippen LogP contribution in [0, 0.1) is 6.92 Å². The molecular weight excluding hydrogens is 388 g/mol. The standard InChI is InChI=1S/C22H24N2O6/c1-4-29-18-13-17(24-22(28)15-9-7-6-8-14(15)3)19(30-5-2)12-16(18)23-20(25)10-11-21(26)27/h6-13H,4-5H2,1-3H3,(H,23,25)(H,24,28)(H,26,27). The Balaban J connectivity index is 2.39. The average Bonchev–Trinajstić information content (AvgIpc) is 2.70. The fourth-order valence-corrected chi connectivity index (χ4v) is 2.64. The summed E-state index contributed by atoms with van der Waals surface area (Å²) < 4.78 is 11.2. The van der Waals surface area contributed by atoms with Crippen LogP contribution in [0.2, 0.25) is 0 Å². The van der Waals surface area contributed by atoms with Crippen molar-refractivity contribution in [2.75, 3.05) is 23.8 Å². The predicted octanol–water partition coefficient (Wildman–Crippen LogP) is 3.62. The molecule has 2 aromatic rings.